The standard InChI is InChI=1S/C52H32N2O2/c1-5-17-33(18-6-1)53(34-19-7-2-8-20-34)49-37-25-13-15-27-39(37)51-45-41(49)29-31-43-47(45)48-44(55-51)32-30-42-46(48)52(56-43)40-28-16-14-26-38(40)50(42)54(35-21-9-3-10-22-35)36-23-11-4-12-24-36/h1-32H. The van der Waals surface area contributed by atoms with Gasteiger partial charge in [-0.2, -0.15) is 0 Å². The Morgan fingerprint density at radius 1 is 0.268 bits per heavy atom. The molecule has 0 radical (unpaired) electrons. The minimum absolute atomic E-state index is 0.830. The lowest BCUT2D eigenvalue weighted by Gasteiger charge is -2.31. The molecule has 10 aromatic rings. The van der Waals surface area contributed by atoms with Crippen molar-refractivity contribution in [3.05, 3.63) is 194 Å². The predicted molar refractivity (Wildman–Crippen MR) is 233 cm³/mol. The van der Waals surface area contributed by atoms with Gasteiger partial charge in [-0.15, -0.1) is 0 Å². The van der Waals surface area contributed by atoms with Crippen LogP contribution in [0.15, 0.2) is 203 Å². The van der Waals surface area contributed by atoms with E-state index in [1.807, 2.05) is 0 Å². The molecule has 0 saturated heterocycles. The Balaban J connectivity index is 1.26. The summed E-state index contributed by atoms with van der Waals surface area (Å²) >= 11 is 0. The molecule has 4 heteroatoms. The van der Waals surface area contributed by atoms with Crippen molar-refractivity contribution in [2.45, 2.75) is 0 Å². The second-order valence-electron chi connectivity index (χ2n) is 14.4. The summed E-state index contributed by atoms with van der Waals surface area (Å²) in [4.78, 5) is 4.76. The van der Waals surface area contributed by atoms with Gasteiger partial charge in [0.2, 0.25) is 0 Å². The number of hydrogen-bond donors (Lipinski definition) is 0. The summed E-state index contributed by atoms with van der Waals surface area (Å²) in [6.45, 7) is 0. The first-order chi connectivity index (χ1) is 27.8. The predicted octanol–water partition coefficient (Wildman–Crippen LogP) is 15.3. The summed E-state index contributed by atoms with van der Waals surface area (Å²) in [6, 6.07) is 68.6. The van der Waals surface area contributed by atoms with Crippen LogP contribution in [0.5, 0.6) is 0 Å². The molecular weight excluding hydrogens is 685 g/mol. The van der Waals surface area contributed by atoms with Crippen LogP contribution < -0.4 is 9.80 Å². The molecular formula is C52H32N2O2. The highest BCUT2D eigenvalue weighted by molar-refractivity contribution is 6.35. The second-order valence-corrected chi connectivity index (χ2v) is 14.4. The third kappa shape index (κ3) is 4.35. The molecule has 0 fully saturated rings. The van der Waals surface area contributed by atoms with Crippen LogP contribution in [0.3, 0.4) is 0 Å². The van der Waals surface area contributed by atoms with E-state index < -0.39 is 0 Å². The van der Waals surface area contributed by atoms with Crippen molar-refractivity contribution in [2.75, 3.05) is 9.80 Å². The maximum absolute atomic E-state index is 7.19. The van der Waals surface area contributed by atoms with Gasteiger partial charge < -0.3 is 18.6 Å². The first-order valence-electron chi connectivity index (χ1n) is 19.0. The van der Waals surface area contributed by atoms with Crippen LogP contribution >= 0.6 is 0 Å². The summed E-state index contributed by atoms with van der Waals surface area (Å²) in [5.74, 6) is 0. The third-order valence-corrected chi connectivity index (χ3v) is 11.3. The first kappa shape index (κ1) is 30.9. The number of nitrogens with zero attached hydrogens (tertiary/aromatic N) is 2. The van der Waals surface area contributed by atoms with Gasteiger partial charge in [0.15, 0.2) is 0 Å². The average molecular weight is 717 g/mol. The lowest BCUT2D eigenvalue weighted by Crippen LogP contribution is -2.12. The molecule has 0 aromatic heterocycles. The van der Waals surface area contributed by atoms with Crippen LogP contribution in [0.2, 0.25) is 0 Å². The summed E-state index contributed by atoms with van der Waals surface area (Å²) in [7, 11) is 0. The molecule has 10 aromatic carbocycles. The Labute approximate surface area is 322 Å². The van der Waals surface area contributed by atoms with Gasteiger partial charge in [0.25, 0.3) is 0 Å². The van der Waals surface area contributed by atoms with Crippen LogP contribution in [-0.4, -0.2) is 0 Å². The Morgan fingerprint density at radius 2 is 0.571 bits per heavy atom. The van der Waals surface area contributed by atoms with Gasteiger partial charge in [-0.25, -0.2) is 0 Å². The summed E-state index contributed by atoms with van der Waals surface area (Å²) in [6.07, 6.45) is 0. The highest BCUT2D eigenvalue weighted by Gasteiger charge is 2.31. The summed E-state index contributed by atoms with van der Waals surface area (Å²) in [5.41, 5.74) is 12.0. The number of para-hydroxylation sites is 4. The Kier molecular flexibility index (Phi) is 6.60. The van der Waals surface area contributed by atoms with Gasteiger partial charge in [0.1, 0.15) is 22.3 Å². The van der Waals surface area contributed by atoms with Crippen molar-refractivity contribution in [1.82, 2.24) is 0 Å². The zero-order valence-electron chi connectivity index (χ0n) is 30.2. The van der Waals surface area contributed by atoms with E-state index in [0.29, 0.717) is 0 Å². The average Bonchev–Trinajstić information content (AvgIpc) is 3.27. The molecule has 2 aliphatic heterocycles. The van der Waals surface area contributed by atoms with Gasteiger partial charge in [-0.1, -0.05) is 121 Å². The van der Waals surface area contributed by atoms with Crippen molar-refractivity contribution in [3.63, 3.8) is 0 Å². The molecule has 0 aliphatic carbocycles. The van der Waals surface area contributed by atoms with Crippen LogP contribution in [0.4, 0.5) is 34.1 Å². The number of hydrogen-bond acceptors (Lipinski definition) is 4. The second kappa shape index (κ2) is 12.0. The summed E-state index contributed by atoms with van der Waals surface area (Å²) in [5, 5.41) is 8.61. The van der Waals surface area contributed by atoms with E-state index in [1.165, 1.54) is 0 Å². The van der Waals surface area contributed by atoms with Crippen molar-refractivity contribution >= 4 is 99.5 Å². The van der Waals surface area contributed by atoms with E-state index in [4.69, 9.17) is 8.83 Å². The lowest BCUT2D eigenvalue weighted by molar-refractivity contribution is 0.650. The Morgan fingerprint density at radius 3 is 0.911 bits per heavy atom. The topological polar surface area (TPSA) is 32.8 Å². The number of anilines is 6. The van der Waals surface area contributed by atoms with Crippen LogP contribution in [0.25, 0.3) is 76.5 Å². The zero-order chi connectivity index (χ0) is 36.7. The monoisotopic (exact) mass is 716 g/mol. The number of fused-ring (bicyclic) bond motifs is 4. The molecule has 0 bridgehead atoms. The van der Waals surface area contributed by atoms with Crippen LogP contribution in [-0.2, 0) is 0 Å². The molecule has 262 valence electrons. The maximum Gasteiger partial charge on any atom is 0.144 e. The molecule has 0 atom stereocenters. The molecule has 2 heterocycles. The SMILES string of the molecule is c1ccc(N(c2ccccc2)c2c3ccccc3c3oc4ccc5c(N(c6ccccc6)c6ccccc6)c6ccccc6c6oc7ccc2c3c7-c4c56)cc1. The summed E-state index contributed by atoms with van der Waals surface area (Å²) < 4.78 is 14.4. The van der Waals surface area contributed by atoms with E-state index in [-0.39, 0.29) is 0 Å². The molecule has 0 amide bonds. The zero-order valence-corrected chi connectivity index (χ0v) is 30.2. The van der Waals surface area contributed by atoms with E-state index in [1.54, 1.807) is 0 Å². The molecule has 0 N–H and O–H groups in total. The number of rotatable bonds is 6. The first-order valence-corrected chi connectivity index (χ1v) is 19.0. The van der Waals surface area contributed by atoms with Crippen molar-refractivity contribution < 1.29 is 8.83 Å². The third-order valence-electron chi connectivity index (χ3n) is 11.3. The van der Waals surface area contributed by atoms with E-state index in [0.717, 1.165) is 111 Å². The van der Waals surface area contributed by atoms with Gasteiger partial charge in [0.05, 0.1) is 11.4 Å². The van der Waals surface area contributed by atoms with Crippen molar-refractivity contribution in [1.29, 1.82) is 0 Å². The highest BCUT2D eigenvalue weighted by atomic mass is 16.3. The fraction of sp³-hybridized carbons (Fsp3) is 0. The fourth-order valence-electron chi connectivity index (χ4n) is 9.07. The van der Waals surface area contributed by atoms with Gasteiger partial charge >= 0.3 is 0 Å². The van der Waals surface area contributed by atoms with E-state index in [9.17, 15) is 0 Å². The maximum atomic E-state index is 7.19. The highest BCUT2D eigenvalue weighted by Crippen LogP contribution is 2.56. The van der Waals surface area contributed by atoms with Gasteiger partial charge in [0, 0.05) is 77.0 Å². The molecule has 0 spiro atoms. The Bertz CT molecular complexity index is 3050. The number of benzene rings is 10. The smallest absolute Gasteiger partial charge is 0.144 e. The minimum atomic E-state index is 0.830. The molecule has 12 rings (SSSR count). The van der Waals surface area contributed by atoms with Crippen molar-refractivity contribution in [3.8, 4) is 11.1 Å². The Hall–Kier alpha value is -7.56. The molecule has 2 aliphatic rings. The molecule has 0 saturated carbocycles. The van der Waals surface area contributed by atoms with Gasteiger partial charge in [-0.3, -0.25) is 0 Å². The van der Waals surface area contributed by atoms with E-state index >= 15 is 0 Å². The molecule has 0 unspecified atom stereocenters. The quantitative estimate of drug-likeness (QED) is 0.127. The lowest BCUT2D eigenvalue weighted by atomic mass is 9.86. The van der Waals surface area contributed by atoms with Crippen LogP contribution in [0, 0.1) is 0 Å². The van der Waals surface area contributed by atoms with Crippen LogP contribution in [0.1, 0.15) is 0 Å². The molecule has 56 heavy (non-hydrogen) atoms. The van der Waals surface area contributed by atoms with Crippen molar-refractivity contribution in [2.24, 2.45) is 0 Å². The fourth-order valence-corrected chi connectivity index (χ4v) is 9.07. The minimum Gasteiger partial charge on any atom is -0.455 e. The van der Waals surface area contributed by atoms with Gasteiger partial charge in [-0.05, 0) is 72.8 Å². The molecule has 4 nitrogen and oxygen atoms in total. The van der Waals surface area contributed by atoms with E-state index in [2.05, 4.69) is 204 Å². The normalized spacial score (nSPS) is 11.9. The largest absolute Gasteiger partial charge is 0.455 e.